The second kappa shape index (κ2) is 5.60. The lowest BCUT2D eigenvalue weighted by molar-refractivity contribution is 0.0377. The van der Waals surface area contributed by atoms with Gasteiger partial charge in [-0.25, -0.2) is 0 Å². The van der Waals surface area contributed by atoms with Crippen molar-refractivity contribution in [3.8, 4) is 0 Å². The number of carbonyl (C=O) groups excluding carboxylic acids is 1. The third kappa shape index (κ3) is 2.48. The highest BCUT2D eigenvalue weighted by Gasteiger charge is 2.32. The van der Waals surface area contributed by atoms with Crippen LogP contribution in [0.15, 0.2) is 0 Å². The van der Waals surface area contributed by atoms with E-state index in [1.54, 1.807) is 18.7 Å². The highest BCUT2D eigenvalue weighted by atomic mass is 32.1. The maximum Gasteiger partial charge on any atom is 0.264 e. The molecule has 0 atom stereocenters. The molecule has 0 saturated heterocycles. The fourth-order valence-corrected chi connectivity index (χ4v) is 3.15. The number of nitrogens with one attached hydrogen (secondary N) is 1. The van der Waals surface area contributed by atoms with Gasteiger partial charge in [0.25, 0.3) is 5.91 Å². The van der Waals surface area contributed by atoms with E-state index in [0.29, 0.717) is 5.69 Å². The number of aromatic nitrogens is 2. The normalized spacial score (nSPS) is 12.0. The number of nitrogen functional groups attached to an aromatic ring is 1. The van der Waals surface area contributed by atoms with E-state index in [-0.39, 0.29) is 4.88 Å². The Morgan fingerprint density at radius 3 is 2.43 bits per heavy atom. The summed E-state index contributed by atoms with van der Waals surface area (Å²) in [5.74, 6) is -0.551. The standard InChI is InChI=1S/C12H18N4O4S/c1-6-7-8(13)9(21-11(7)16(2)15-6)10(20)14-12(3-17,4-18)5-19/h17-19H,3-5,13H2,1-2H3,(H,14,20). The van der Waals surface area contributed by atoms with Gasteiger partial charge in [-0.15, -0.1) is 11.3 Å². The number of thiophene rings is 1. The average Bonchev–Trinajstić information content (AvgIpc) is 2.95. The Hall–Kier alpha value is -1.68. The predicted octanol–water partition coefficient (Wildman–Crippen LogP) is -1.03. The second-order valence-electron chi connectivity index (χ2n) is 4.94. The summed E-state index contributed by atoms with van der Waals surface area (Å²) in [7, 11) is 1.76. The van der Waals surface area contributed by atoms with E-state index in [1.807, 2.05) is 0 Å². The molecule has 0 aromatic carbocycles. The van der Waals surface area contributed by atoms with Gasteiger partial charge in [-0.3, -0.25) is 9.48 Å². The number of nitrogens with two attached hydrogens (primary N) is 1. The minimum Gasteiger partial charge on any atom is -0.397 e. The Labute approximate surface area is 124 Å². The zero-order valence-corrected chi connectivity index (χ0v) is 12.6. The van der Waals surface area contributed by atoms with Crippen LogP contribution in [0, 0.1) is 6.92 Å². The van der Waals surface area contributed by atoms with E-state index >= 15 is 0 Å². The Balaban J connectivity index is 2.40. The molecule has 0 aliphatic carbocycles. The van der Waals surface area contributed by atoms with E-state index in [1.165, 1.54) is 11.3 Å². The smallest absolute Gasteiger partial charge is 0.264 e. The lowest BCUT2D eigenvalue weighted by atomic mass is 10.0. The van der Waals surface area contributed by atoms with Crippen LogP contribution in [0.2, 0.25) is 0 Å². The highest BCUT2D eigenvalue weighted by molar-refractivity contribution is 7.21. The molecule has 8 nitrogen and oxygen atoms in total. The average molecular weight is 314 g/mol. The van der Waals surface area contributed by atoms with E-state index in [9.17, 15) is 20.1 Å². The largest absolute Gasteiger partial charge is 0.397 e. The van der Waals surface area contributed by atoms with Gasteiger partial charge in [0.15, 0.2) is 0 Å². The molecule has 2 rings (SSSR count). The summed E-state index contributed by atoms with van der Waals surface area (Å²) in [4.78, 5) is 13.3. The van der Waals surface area contributed by atoms with Crippen molar-refractivity contribution in [2.75, 3.05) is 25.6 Å². The van der Waals surface area contributed by atoms with Gasteiger partial charge in [0.05, 0.1) is 36.6 Å². The highest BCUT2D eigenvalue weighted by Crippen LogP contribution is 2.35. The molecule has 6 N–H and O–H groups in total. The number of carbonyl (C=O) groups is 1. The lowest BCUT2D eigenvalue weighted by Gasteiger charge is -2.28. The Morgan fingerprint density at radius 2 is 1.95 bits per heavy atom. The molecule has 116 valence electrons. The molecule has 2 heterocycles. The lowest BCUT2D eigenvalue weighted by Crippen LogP contribution is -2.56. The molecule has 0 fully saturated rings. The van der Waals surface area contributed by atoms with Crippen molar-refractivity contribution in [1.29, 1.82) is 0 Å². The summed E-state index contributed by atoms with van der Waals surface area (Å²) < 4.78 is 1.64. The molecule has 0 aliphatic heterocycles. The second-order valence-corrected chi connectivity index (χ2v) is 5.94. The molecule has 9 heteroatoms. The van der Waals surface area contributed by atoms with Crippen molar-refractivity contribution < 1.29 is 20.1 Å². The number of fused-ring (bicyclic) bond motifs is 1. The molecule has 0 bridgehead atoms. The van der Waals surface area contributed by atoms with E-state index in [0.717, 1.165) is 15.9 Å². The maximum absolute atomic E-state index is 12.3. The number of hydrogen-bond acceptors (Lipinski definition) is 7. The maximum atomic E-state index is 12.3. The molecule has 0 aliphatic rings. The minimum absolute atomic E-state index is 0.265. The quantitative estimate of drug-likeness (QED) is 0.479. The van der Waals surface area contributed by atoms with Gasteiger partial charge in [0.2, 0.25) is 0 Å². The molecule has 0 unspecified atom stereocenters. The van der Waals surface area contributed by atoms with E-state index in [4.69, 9.17) is 5.73 Å². The number of aryl methyl sites for hydroxylation is 2. The monoisotopic (exact) mass is 314 g/mol. The third-order valence-corrected chi connectivity index (χ3v) is 4.65. The van der Waals surface area contributed by atoms with Crippen LogP contribution in [-0.4, -0.2) is 56.4 Å². The predicted molar refractivity (Wildman–Crippen MR) is 79.2 cm³/mol. The molecule has 0 radical (unpaired) electrons. The summed E-state index contributed by atoms with van der Waals surface area (Å²) in [6.07, 6.45) is 0. The van der Waals surface area contributed by atoms with Crippen LogP contribution in [0.3, 0.4) is 0 Å². The summed E-state index contributed by atoms with van der Waals surface area (Å²) >= 11 is 1.17. The van der Waals surface area contributed by atoms with Crippen molar-refractivity contribution in [3.63, 3.8) is 0 Å². The van der Waals surface area contributed by atoms with Crippen molar-refractivity contribution in [3.05, 3.63) is 10.6 Å². The van der Waals surface area contributed by atoms with E-state index < -0.39 is 31.3 Å². The summed E-state index contributed by atoms with van der Waals surface area (Å²) in [5, 5.41) is 35.1. The fourth-order valence-electron chi connectivity index (χ4n) is 2.06. The number of amides is 1. The molecule has 0 spiro atoms. The van der Waals surface area contributed by atoms with Crippen LogP contribution in [0.4, 0.5) is 5.69 Å². The number of anilines is 1. The summed E-state index contributed by atoms with van der Waals surface area (Å²) in [5.41, 5.74) is 5.55. The number of aliphatic hydroxyl groups is 3. The first kappa shape index (κ1) is 15.7. The van der Waals surface area contributed by atoms with Crippen LogP contribution >= 0.6 is 11.3 Å². The molecule has 2 aromatic heterocycles. The molecular weight excluding hydrogens is 296 g/mol. The number of nitrogens with zero attached hydrogens (tertiary/aromatic N) is 2. The minimum atomic E-state index is -1.48. The summed E-state index contributed by atoms with van der Waals surface area (Å²) in [6, 6.07) is 0. The SMILES string of the molecule is Cc1nn(C)c2sc(C(=O)NC(CO)(CO)CO)c(N)c12. The zero-order valence-electron chi connectivity index (χ0n) is 11.8. The molecular formula is C12H18N4O4S. The Kier molecular flexibility index (Phi) is 4.19. The van der Waals surface area contributed by atoms with Gasteiger partial charge in [-0.2, -0.15) is 5.10 Å². The van der Waals surface area contributed by atoms with Crippen LogP contribution in [0.5, 0.6) is 0 Å². The first-order valence-corrected chi connectivity index (χ1v) is 7.07. The topological polar surface area (TPSA) is 134 Å². The third-order valence-electron chi connectivity index (χ3n) is 3.38. The van der Waals surface area contributed by atoms with Gasteiger partial charge in [0, 0.05) is 7.05 Å². The van der Waals surface area contributed by atoms with Crippen molar-refractivity contribution in [2.45, 2.75) is 12.5 Å². The van der Waals surface area contributed by atoms with Crippen molar-refractivity contribution >= 4 is 33.1 Å². The van der Waals surface area contributed by atoms with Crippen LogP contribution in [-0.2, 0) is 7.05 Å². The zero-order chi connectivity index (χ0) is 15.8. The number of rotatable bonds is 5. The van der Waals surface area contributed by atoms with Gasteiger partial charge >= 0.3 is 0 Å². The molecule has 0 saturated carbocycles. The molecule has 21 heavy (non-hydrogen) atoms. The fraction of sp³-hybridized carbons (Fsp3) is 0.500. The first-order chi connectivity index (χ1) is 9.89. The van der Waals surface area contributed by atoms with Crippen LogP contribution < -0.4 is 11.1 Å². The number of aliphatic hydroxyl groups excluding tert-OH is 3. The van der Waals surface area contributed by atoms with Gasteiger partial charge in [-0.05, 0) is 6.92 Å². The van der Waals surface area contributed by atoms with Crippen molar-refractivity contribution in [1.82, 2.24) is 15.1 Å². The first-order valence-electron chi connectivity index (χ1n) is 6.25. The molecule has 2 aromatic rings. The Bertz CT molecular complexity index is 666. The van der Waals surface area contributed by atoms with E-state index in [2.05, 4.69) is 10.4 Å². The molecule has 1 amide bonds. The van der Waals surface area contributed by atoms with Crippen LogP contribution in [0.25, 0.3) is 10.2 Å². The van der Waals surface area contributed by atoms with Gasteiger partial charge < -0.3 is 26.4 Å². The van der Waals surface area contributed by atoms with Crippen molar-refractivity contribution in [2.24, 2.45) is 7.05 Å². The Morgan fingerprint density at radius 1 is 1.38 bits per heavy atom. The van der Waals surface area contributed by atoms with Gasteiger partial charge in [0.1, 0.15) is 15.2 Å². The van der Waals surface area contributed by atoms with Gasteiger partial charge in [-0.1, -0.05) is 0 Å². The summed E-state index contributed by atoms with van der Waals surface area (Å²) in [6.45, 7) is 0.0396. The van der Waals surface area contributed by atoms with Crippen LogP contribution in [0.1, 0.15) is 15.4 Å². The number of hydrogen-bond donors (Lipinski definition) is 5.